The van der Waals surface area contributed by atoms with Crippen molar-refractivity contribution in [3.8, 4) is 5.69 Å². The maximum atomic E-state index is 13.0. The number of benzene rings is 1. The topological polar surface area (TPSA) is 80.1 Å². The number of nitrogens with zero attached hydrogens (tertiary/aromatic N) is 4. The molecule has 1 aliphatic rings. The van der Waals surface area contributed by atoms with Gasteiger partial charge in [0.1, 0.15) is 5.69 Å². The molecule has 0 saturated carbocycles. The molecule has 1 saturated heterocycles. The zero-order valence-corrected chi connectivity index (χ0v) is 14.4. The van der Waals surface area contributed by atoms with Crippen LogP contribution < -0.4 is 5.32 Å². The fraction of sp³-hybridized carbons (Fsp3) is 0.467. The zero-order chi connectivity index (χ0) is 17.4. The van der Waals surface area contributed by atoms with Crippen LogP contribution in [-0.4, -0.2) is 55.5 Å². The van der Waals surface area contributed by atoms with Crippen molar-refractivity contribution in [2.24, 2.45) is 0 Å². The van der Waals surface area contributed by atoms with E-state index in [-0.39, 0.29) is 10.4 Å². The summed E-state index contributed by atoms with van der Waals surface area (Å²) in [4.78, 5) is 1.80. The highest BCUT2D eigenvalue weighted by Gasteiger charge is 2.38. The molecule has 1 aliphatic heterocycles. The van der Waals surface area contributed by atoms with E-state index in [0.717, 1.165) is 31.6 Å². The summed E-state index contributed by atoms with van der Waals surface area (Å²) in [5, 5.41) is 11.8. The molecule has 0 spiro atoms. The lowest BCUT2D eigenvalue weighted by Crippen LogP contribution is -2.49. The van der Waals surface area contributed by atoms with E-state index < -0.39 is 10.2 Å². The molecule has 1 aromatic carbocycles. The fourth-order valence-electron chi connectivity index (χ4n) is 3.14. The molecule has 24 heavy (non-hydrogen) atoms. The van der Waals surface area contributed by atoms with Crippen LogP contribution >= 0.6 is 0 Å². The van der Waals surface area contributed by atoms with Gasteiger partial charge in [0.05, 0.1) is 22.3 Å². The summed E-state index contributed by atoms with van der Waals surface area (Å²) in [6.07, 6.45) is 3.71. The van der Waals surface area contributed by atoms with Crippen molar-refractivity contribution in [2.75, 3.05) is 27.2 Å². The van der Waals surface area contributed by atoms with Gasteiger partial charge in [-0.3, -0.25) is 4.90 Å². The van der Waals surface area contributed by atoms with Crippen LogP contribution in [0.2, 0.25) is 0 Å². The molecule has 0 unspecified atom stereocenters. The maximum Gasteiger partial charge on any atom is 0.332 e. The molecule has 130 valence electrons. The van der Waals surface area contributed by atoms with Crippen LogP contribution in [0, 0.1) is 0 Å². The van der Waals surface area contributed by atoms with Gasteiger partial charge in [-0.05, 0) is 64.3 Å². The minimum absolute atomic E-state index is 0.175. The van der Waals surface area contributed by atoms with Crippen LogP contribution in [0.3, 0.4) is 0 Å². The zero-order valence-electron chi connectivity index (χ0n) is 13.6. The predicted octanol–water partition coefficient (Wildman–Crippen LogP) is 1.07. The van der Waals surface area contributed by atoms with Gasteiger partial charge in [-0.15, -0.1) is 8.98 Å². The van der Waals surface area contributed by atoms with Gasteiger partial charge in [0.25, 0.3) is 0 Å². The summed E-state index contributed by atoms with van der Waals surface area (Å²) < 4.78 is 36.3. The largest absolute Gasteiger partial charge is 0.332 e. The quantitative estimate of drug-likeness (QED) is 0.828. The van der Waals surface area contributed by atoms with Crippen molar-refractivity contribution in [1.29, 1.82) is 0 Å². The van der Waals surface area contributed by atoms with Crippen molar-refractivity contribution in [3.05, 3.63) is 36.2 Å². The SMILES string of the molecule is CN(C)C1(c2cn(-c3ccc(S(=O)(=O)F)cc3)nn2)CCNCC1. The second kappa shape index (κ2) is 6.23. The van der Waals surface area contributed by atoms with Gasteiger partial charge in [0.2, 0.25) is 0 Å². The molecule has 2 heterocycles. The monoisotopic (exact) mass is 353 g/mol. The Morgan fingerprint density at radius 1 is 1.21 bits per heavy atom. The lowest BCUT2D eigenvalue weighted by Gasteiger charge is -2.41. The first kappa shape index (κ1) is 17.0. The van der Waals surface area contributed by atoms with E-state index in [4.69, 9.17) is 0 Å². The molecule has 0 aliphatic carbocycles. The van der Waals surface area contributed by atoms with E-state index in [2.05, 4.69) is 20.5 Å². The van der Waals surface area contributed by atoms with E-state index >= 15 is 0 Å². The van der Waals surface area contributed by atoms with Crippen LogP contribution in [0.1, 0.15) is 18.5 Å². The van der Waals surface area contributed by atoms with Crippen molar-refractivity contribution in [1.82, 2.24) is 25.2 Å². The van der Waals surface area contributed by atoms with Gasteiger partial charge in [-0.25, -0.2) is 4.68 Å². The Balaban J connectivity index is 1.92. The van der Waals surface area contributed by atoms with E-state index in [0.29, 0.717) is 5.69 Å². The van der Waals surface area contributed by atoms with Crippen molar-refractivity contribution in [2.45, 2.75) is 23.3 Å². The van der Waals surface area contributed by atoms with Crippen LogP contribution in [0.25, 0.3) is 5.69 Å². The molecule has 0 radical (unpaired) electrons. The molecule has 1 fully saturated rings. The Bertz CT molecular complexity index is 811. The minimum Gasteiger partial charge on any atom is -0.317 e. The van der Waals surface area contributed by atoms with Gasteiger partial charge in [-0.1, -0.05) is 5.21 Å². The Labute approximate surface area is 140 Å². The second-order valence-corrected chi connectivity index (χ2v) is 7.50. The molecule has 7 nitrogen and oxygen atoms in total. The molecular formula is C15H20FN5O2S. The highest BCUT2D eigenvalue weighted by atomic mass is 32.3. The average Bonchev–Trinajstić information content (AvgIpc) is 3.05. The summed E-state index contributed by atoms with van der Waals surface area (Å²) in [5.41, 5.74) is 1.33. The summed E-state index contributed by atoms with van der Waals surface area (Å²) >= 11 is 0. The molecule has 9 heteroatoms. The fourth-order valence-corrected chi connectivity index (χ4v) is 3.60. The van der Waals surface area contributed by atoms with Crippen molar-refractivity contribution in [3.63, 3.8) is 0 Å². The second-order valence-electron chi connectivity index (χ2n) is 6.16. The smallest absolute Gasteiger partial charge is 0.317 e. The average molecular weight is 353 g/mol. The Hall–Kier alpha value is -1.84. The number of piperidine rings is 1. The summed E-state index contributed by atoms with van der Waals surface area (Å²) in [7, 11) is -0.628. The normalized spacial score (nSPS) is 18.0. The Morgan fingerprint density at radius 2 is 1.83 bits per heavy atom. The maximum absolute atomic E-state index is 13.0. The molecule has 0 amide bonds. The molecule has 3 rings (SSSR count). The predicted molar refractivity (Wildman–Crippen MR) is 87.1 cm³/mol. The van der Waals surface area contributed by atoms with Gasteiger partial charge < -0.3 is 5.32 Å². The van der Waals surface area contributed by atoms with E-state index in [1.54, 1.807) is 4.68 Å². The van der Waals surface area contributed by atoms with Gasteiger partial charge in [0, 0.05) is 0 Å². The molecule has 1 N–H and O–H groups in total. The standard InChI is InChI=1S/C15H20FN5O2S/c1-20(2)15(7-9-17-10-8-15)14-11-21(19-18-14)12-3-5-13(6-4-12)24(16,22)23/h3-6,11,17H,7-10H2,1-2H3. The summed E-state index contributed by atoms with van der Waals surface area (Å²) in [6, 6.07) is 5.46. The highest BCUT2D eigenvalue weighted by molar-refractivity contribution is 7.86. The number of rotatable bonds is 4. The van der Waals surface area contributed by atoms with E-state index in [1.807, 2.05) is 20.3 Å². The first-order valence-corrected chi connectivity index (χ1v) is 9.07. The molecule has 0 bridgehead atoms. The third-order valence-electron chi connectivity index (χ3n) is 4.64. The molecule has 0 atom stereocenters. The van der Waals surface area contributed by atoms with Gasteiger partial charge in [0.15, 0.2) is 0 Å². The summed E-state index contributed by atoms with van der Waals surface area (Å²) in [6.45, 7) is 1.82. The lowest BCUT2D eigenvalue weighted by atomic mass is 9.84. The number of nitrogens with one attached hydrogen (secondary N) is 1. The third-order valence-corrected chi connectivity index (χ3v) is 5.47. The highest BCUT2D eigenvalue weighted by Crippen LogP contribution is 2.34. The molecule has 2 aromatic rings. The van der Waals surface area contributed by atoms with Gasteiger partial charge in [-0.2, -0.15) is 8.42 Å². The van der Waals surface area contributed by atoms with Crippen LogP contribution in [0.5, 0.6) is 0 Å². The third kappa shape index (κ3) is 3.06. The van der Waals surface area contributed by atoms with Gasteiger partial charge >= 0.3 is 10.2 Å². The summed E-state index contributed by atoms with van der Waals surface area (Å²) in [5.74, 6) is 0. The van der Waals surface area contributed by atoms with E-state index in [1.165, 1.54) is 24.3 Å². The van der Waals surface area contributed by atoms with Crippen LogP contribution in [-0.2, 0) is 15.8 Å². The van der Waals surface area contributed by atoms with E-state index in [9.17, 15) is 12.3 Å². The molecular weight excluding hydrogens is 333 g/mol. The first-order chi connectivity index (χ1) is 11.3. The number of hydrogen-bond acceptors (Lipinski definition) is 6. The number of halogens is 1. The Kier molecular flexibility index (Phi) is 4.41. The van der Waals surface area contributed by atoms with Crippen molar-refractivity contribution < 1.29 is 12.3 Å². The van der Waals surface area contributed by atoms with Crippen LogP contribution in [0.15, 0.2) is 35.4 Å². The Morgan fingerprint density at radius 3 is 2.38 bits per heavy atom. The minimum atomic E-state index is -4.69. The van der Waals surface area contributed by atoms with Crippen LogP contribution in [0.4, 0.5) is 3.89 Å². The lowest BCUT2D eigenvalue weighted by molar-refractivity contribution is 0.102. The number of aromatic nitrogens is 3. The number of hydrogen-bond donors (Lipinski definition) is 1. The van der Waals surface area contributed by atoms with Crippen molar-refractivity contribution >= 4 is 10.2 Å². The molecule has 1 aromatic heterocycles. The first-order valence-electron chi connectivity index (χ1n) is 7.69.